The van der Waals surface area contributed by atoms with Crippen molar-refractivity contribution in [2.24, 2.45) is 0 Å². The molecule has 1 heterocycles. The van der Waals surface area contributed by atoms with Gasteiger partial charge < -0.3 is 9.67 Å². The van der Waals surface area contributed by atoms with Crippen molar-refractivity contribution in [2.45, 2.75) is 25.3 Å². The summed E-state index contributed by atoms with van der Waals surface area (Å²) in [7, 11) is 0. The molecule has 1 N–H and O–H groups in total. The third-order valence-corrected chi connectivity index (χ3v) is 2.33. The van der Waals surface area contributed by atoms with E-state index in [4.69, 9.17) is 5.11 Å². The van der Waals surface area contributed by atoms with Crippen LogP contribution in [0.15, 0.2) is 12.4 Å². The molecule has 1 aliphatic rings. The van der Waals surface area contributed by atoms with Gasteiger partial charge in [0, 0.05) is 18.4 Å². The number of carboxylic acids is 1. The molecule has 1 aromatic heterocycles. The zero-order chi connectivity index (χ0) is 8.55. The van der Waals surface area contributed by atoms with Crippen molar-refractivity contribution in [3.63, 3.8) is 0 Å². The van der Waals surface area contributed by atoms with E-state index in [0.717, 1.165) is 12.8 Å². The van der Waals surface area contributed by atoms with Gasteiger partial charge in [0.15, 0.2) is 0 Å². The summed E-state index contributed by atoms with van der Waals surface area (Å²) >= 11 is 0. The lowest BCUT2D eigenvalue weighted by molar-refractivity contribution is 0.0671. The highest BCUT2D eigenvalue weighted by atomic mass is 16.4. The fourth-order valence-electron chi connectivity index (χ4n) is 1.44. The molecule has 12 heavy (non-hydrogen) atoms. The minimum absolute atomic E-state index is 0.166. The van der Waals surface area contributed by atoms with Gasteiger partial charge in [0.1, 0.15) is 0 Å². The first-order valence-corrected chi connectivity index (χ1v) is 4.05. The summed E-state index contributed by atoms with van der Waals surface area (Å²) in [6, 6.07) is 0.374. The van der Waals surface area contributed by atoms with E-state index in [1.807, 2.05) is 0 Å². The molecule has 4 nitrogen and oxygen atoms in total. The van der Waals surface area contributed by atoms with E-state index in [-0.39, 0.29) is 5.82 Å². The van der Waals surface area contributed by atoms with Crippen LogP contribution in [0.2, 0.25) is 0 Å². The molecular weight excluding hydrogens is 156 g/mol. The Labute approximate surface area is 69.8 Å². The lowest BCUT2D eigenvalue weighted by Crippen LogP contribution is -2.20. The van der Waals surface area contributed by atoms with Crippen molar-refractivity contribution in [2.75, 3.05) is 0 Å². The molecule has 2 rings (SSSR count). The highest BCUT2D eigenvalue weighted by Gasteiger charge is 2.23. The van der Waals surface area contributed by atoms with Crippen LogP contribution in [0.3, 0.4) is 0 Å². The maximum absolute atomic E-state index is 10.6. The van der Waals surface area contributed by atoms with Gasteiger partial charge in [-0.15, -0.1) is 0 Å². The Morgan fingerprint density at radius 2 is 2.42 bits per heavy atom. The fraction of sp³-hybridized carbons (Fsp3) is 0.500. The summed E-state index contributed by atoms with van der Waals surface area (Å²) in [5.74, 6) is -0.772. The van der Waals surface area contributed by atoms with Crippen molar-refractivity contribution in [3.05, 3.63) is 18.2 Å². The first-order chi connectivity index (χ1) is 5.79. The molecule has 4 heteroatoms. The Morgan fingerprint density at radius 1 is 1.67 bits per heavy atom. The van der Waals surface area contributed by atoms with Crippen LogP contribution in [0.1, 0.15) is 35.9 Å². The van der Waals surface area contributed by atoms with Gasteiger partial charge in [-0.1, -0.05) is 0 Å². The van der Waals surface area contributed by atoms with Crippen LogP contribution in [0.25, 0.3) is 0 Å². The van der Waals surface area contributed by atoms with Crippen LogP contribution in [0.4, 0.5) is 0 Å². The van der Waals surface area contributed by atoms with Crippen molar-refractivity contribution in [1.82, 2.24) is 9.55 Å². The molecule has 1 fully saturated rings. The monoisotopic (exact) mass is 166 g/mol. The van der Waals surface area contributed by atoms with Crippen LogP contribution in [0.5, 0.6) is 0 Å². The van der Waals surface area contributed by atoms with Gasteiger partial charge in [0.25, 0.3) is 0 Å². The maximum atomic E-state index is 10.6. The molecule has 64 valence electrons. The number of nitrogens with zero attached hydrogens (tertiary/aromatic N) is 2. The third-order valence-electron chi connectivity index (χ3n) is 2.33. The Balaban J connectivity index is 2.29. The second kappa shape index (κ2) is 2.62. The summed E-state index contributed by atoms with van der Waals surface area (Å²) in [4.78, 5) is 14.4. The van der Waals surface area contributed by atoms with E-state index < -0.39 is 5.97 Å². The van der Waals surface area contributed by atoms with Crippen molar-refractivity contribution in [1.29, 1.82) is 0 Å². The van der Waals surface area contributed by atoms with Crippen LogP contribution >= 0.6 is 0 Å². The first-order valence-electron chi connectivity index (χ1n) is 4.05. The maximum Gasteiger partial charge on any atom is 0.372 e. The Kier molecular flexibility index (Phi) is 1.60. The lowest BCUT2D eigenvalue weighted by Gasteiger charge is -2.27. The van der Waals surface area contributed by atoms with E-state index in [1.54, 1.807) is 17.0 Å². The number of aromatic nitrogens is 2. The summed E-state index contributed by atoms with van der Waals surface area (Å²) in [6.07, 6.45) is 6.64. The van der Waals surface area contributed by atoms with E-state index in [9.17, 15) is 4.79 Å². The molecule has 0 radical (unpaired) electrons. The number of hydrogen-bond acceptors (Lipinski definition) is 2. The fourth-order valence-corrected chi connectivity index (χ4v) is 1.44. The molecule has 0 aromatic carbocycles. The zero-order valence-electron chi connectivity index (χ0n) is 6.60. The number of aromatic carboxylic acids is 1. The molecule has 1 aromatic rings. The average molecular weight is 166 g/mol. The number of hydrogen-bond donors (Lipinski definition) is 1. The quantitative estimate of drug-likeness (QED) is 0.720. The van der Waals surface area contributed by atoms with Crippen LogP contribution in [-0.4, -0.2) is 20.6 Å². The molecule has 0 bridgehead atoms. The number of imidazole rings is 1. The van der Waals surface area contributed by atoms with Crippen molar-refractivity contribution in [3.8, 4) is 0 Å². The average Bonchev–Trinajstić information content (AvgIpc) is 2.31. The number of carboxylic acid groups (broad SMARTS) is 1. The number of rotatable bonds is 2. The first kappa shape index (κ1) is 7.34. The summed E-state index contributed by atoms with van der Waals surface area (Å²) in [5, 5.41) is 8.74. The van der Waals surface area contributed by atoms with Gasteiger partial charge in [-0.3, -0.25) is 0 Å². The second-order valence-corrected chi connectivity index (χ2v) is 3.05. The molecule has 0 spiro atoms. The molecule has 0 atom stereocenters. The smallest absolute Gasteiger partial charge is 0.372 e. The highest BCUT2D eigenvalue weighted by Crippen LogP contribution is 2.31. The van der Waals surface area contributed by atoms with Gasteiger partial charge in [0.2, 0.25) is 5.82 Å². The topological polar surface area (TPSA) is 55.1 Å². The largest absolute Gasteiger partial charge is 0.475 e. The Morgan fingerprint density at radius 3 is 2.92 bits per heavy atom. The minimum atomic E-state index is -0.938. The molecule has 0 saturated heterocycles. The minimum Gasteiger partial charge on any atom is -0.475 e. The van der Waals surface area contributed by atoms with Crippen molar-refractivity contribution < 1.29 is 9.90 Å². The van der Waals surface area contributed by atoms with E-state index >= 15 is 0 Å². The summed E-state index contributed by atoms with van der Waals surface area (Å²) in [5.41, 5.74) is 0. The van der Waals surface area contributed by atoms with Crippen molar-refractivity contribution >= 4 is 5.97 Å². The predicted octanol–water partition coefficient (Wildman–Crippen LogP) is 1.31. The molecule has 0 aliphatic heterocycles. The second-order valence-electron chi connectivity index (χ2n) is 3.05. The van der Waals surface area contributed by atoms with Gasteiger partial charge in [-0.05, 0) is 19.3 Å². The van der Waals surface area contributed by atoms with Crippen LogP contribution in [-0.2, 0) is 0 Å². The molecule has 1 saturated carbocycles. The highest BCUT2D eigenvalue weighted by molar-refractivity contribution is 5.83. The normalized spacial score (nSPS) is 17.3. The predicted molar refractivity (Wildman–Crippen MR) is 42.1 cm³/mol. The molecular formula is C8H10N2O2. The van der Waals surface area contributed by atoms with Gasteiger partial charge in [-0.2, -0.15) is 0 Å². The molecule has 0 unspecified atom stereocenters. The summed E-state index contributed by atoms with van der Waals surface area (Å²) < 4.78 is 1.76. The molecule has 1 aliphatic carbocycles. The SMILES string of the molecule is O=C(O)c1nccn1C1CCC1. The number of carbonyl (C=O) groups is 1. The Hall–Kier alpha value is -1.32. The van der Waals surface area contributed by atoms with Gasteiger partial charge in [0.05, 0.1) is 0 Å². The van der Waals surface area contributed by atoms with Crippen LogP contribution in [0, 0.1) is 0 Å². The van der Waals surface area contributed by atoms with Crippen LogP contribution < -0.4 is 0 Å². The van der Waals surface area contributed by atoms with E-state index in [2.05, 4.69) is 4.98 Å². The Bertz CT molecular complexity index is 302. The third kappa shape index (κ3) is 0.995. The lowest BCUT2D eigenvalue weighted by atomic mass is 9.93. The zero-order valence-corrected chi connectivity index (χ0v) is 6.60. The summed E-state index contributed by atoms with van der Waals surface area (Å²) in [6.45, 7) is 0. The van der Waals surface area contributed by atoms with E-state index in [0.29, 0.717) is 6.04 Å². The van der Waals surface area contributed by atoms with Gasteiger partial charge in [-0.25, -0.2) is 9.78 Å². The molecule has 0 amide bonds. The van der Waals surface area contributed by atoms with Gasteiger partial charge >= 0.3 is 5.97 Å². The standard InChI is InChI=1S/C8H10N2O2/c11-8(12)7-9-4-5-10(7)6-2-1-3-6/h4-6H,1-3H2,(H,11,12). The van der Waals surface area contributed by atoms with E-state index in [1.165, 1.54) is 6.42 Å².